The molecule has 0 spiro atoms. The van der Waals surface area contributed by atoms with Crippen LogP contribution in [0.5, 0.6) is 11.5 Å². The first-order chi connectivity index (χ1) is 11.4. The van der Waals surface area contributed by atoms with E-state index < -0.39 is 0 Å². The summed E-state index contributed by atoms with van der Waals surface area (Å²) in [5.41, 5.74) is 2.90. The summed E-state index contributed by atoms with van der Waals surface area (Å²) in [5.74, 6) is 1.43. The molecule has 0 aliphatic carbocycles. The molecule has 1 amide bonds. The predicted octanol–water partition coefficient (Wildman–Crippen LogP) is 2.78. The van der Waals surface area contributed by atoms with E-state index in [0.717, 1.165) is 28.5 Å². The van der Waals surface area contributed by atoms with Crippen molar-refractivity contribution in [3.05, 3.63) is 41.2 Å². The maximum atomic E-state index is 12.2. The highest BCUT2D eigenvalue weighted by atomic mass is 16.5. The number of hydrogen-bond donors (Lipinski definition) is 1. The summed E-state index contributed by atoms with van der Waals surface area (Å²) in [6.45, 7) is 6.42. The summed E-state index contributed by atoms with van der Waals surface area (Å²) < 4.78 is 12.5. The monoisotopic (exact) mass is 331 g/mol. The predicted molar refractivity (Wildman–Crippen MR) is 92.4 cm³/mol. The van der Waals surface area contributed by atoms with Crippen LogP contribution in [0.1, 0.15) is 36.3 Å². The number of aromatic nitrogens is 2. The second-order valence-corrected chi connectivity index (χ2v) is 5.80. The highest BCUT2D eigenvalue weighted by Crippen LogP contribution is 2.29. The van der Waals surface area contributed by atoms with Crippen molar-refractivity contribution in [2.45, 2.75) is 39.8 Å². The molecule has 0 saturated carbocycles. The molecule has 130 valence electrons. The Labute approximate surface area is 142 Å². The molecule has 1 atom stereocenters. The lowest BCUT2D eigenvalue weighted by Crippen LogP contribution is -2.28. The minimum Gasteiger partial charge on any atom is -0.497 e. The summed E-state index contributed by atoms with van der Waals surface area (Å²) in [6.07, 6.45) is 0.374. The van der Waals surface area contributed by atoms with Crippen LogP contribution >= 0.6 is 0 Å². The number of aryl methyl sites for hydroxylation is 3. The fourth-order valence-corrected chi connectivity index (χ4v) is 2.68. The number of nitrogens with one attached hydrogen (secondary N) is 1. The third kappa shape index (κ3) is 4.28. The Hall–Kier alpha value is -2.50. The quantitative estimate of drug-likeness (QED) is 0.847. The van der Waals surface area contributed by atoms with Crippen LogP contribution in [0.2, 0.25) is 0 Å². The van der Waals surface area contributed by atoms with Gasteiger partial charge >= 0.3 is 0 Å². The smallest absolute Gasteiger partial charge is 0.222 e. The third-order valence-corrected chi connectivity index (χ3v) is 3.93. The molecule has 0 unspecified atom stereocenters. The molecule has 1 aromatic heterocycles. The summed E-state index contributed by atoms with van der Waals surface area (Å²) in [4.78, 5) is 12.2. The lowest BCUT2D eigenvalue weighted by Gasteiger charge is -2.18. The van der Waals surface area contributed by atoms with E-state index in [1.807, 2.05) is 49.7 Å². The number of carbonyl (C=O) groups excluding carboxylic acids is 1. The fourth-order valence-electron chi connectivity index (χ4n) is 2.68. The number of rotatable bonds is 7. The van der Waals surface area contributed by atoms with Crippen molar-refractivity contribution in [3.63, 3.8) is 0 Å². The average molecular weight is 331 g/mol. The van der Waals surface area contributed by atoms with Crippen LogP contribution in [0, 0.1) is 13.8 Å². The fraction of sp³-hybridized carbons (Fsp3) is 0.444. The van der Waals surface area contributed by atoms with Gasteiger partial charge in [0.15, 0.2) is 0 Å². The topological polar surface area (TPSA) is 65.4 Å². The van der Waals surface area contributed by atoms with E-state index >= 15 is 0 Å². The van der Waals surface area contributed by atoms with E-state index in [2.05, 4.69) is 10.4 Å². The van der Waals surface area contributed by atoms with E-state index in [0.29, 0.717) is 13.0 Å². The molecule has 2 aromatic rings. The first-order valence-corrected chi connectivity index (χ1v) is 7.97. The Kier molecular flexibility index (Phi) is 5.84. The molecule has 0 saturated heterocycles. The van der Waals surface area contributed by atoms with Crippen LogP contribution < -0.4 is 14.8 Å². The normalized spacial score (nSPS) is 11.9. The molecule has 0 radical (unpaired) electrons. The van der Waals surface area contributed by atoms with Crippen LogP contribution in [0.4, 0.5) is 0 Å². The van der Waals surface area contributed by atoms with Crippen molar-refractivity contribution in [2.75, 3.05) is 14.2 Å². The van der Waals surface area contributed by atoms with Crippen LogP contribution in [-0.2, 0) is 11.3 Å². The largest absolute Gasteiger partial charge is 0.497 e. The Morgan fingerprint density at radius 3 is 2.58 bits per heavy atom. The van der Waals surface area contributed by atoms with Gasteiger partial charge < -0.3 is 14.8 Å². The number of carbonyl (C=O) groups is 1. The maximum Gasteiger partial charge on any atom is 0.222 e. The van der Waals surface area contributed by atoms with Crippen molar-refractivity contribution in [1.29, 1.82) is 0 Å². The average Bonchev–Trinajstić information content (AvgIpc) is 2.89. The van der Waals surface area contributed by atoms with Gasteiger partial charge in [0.05, 0.1) is 26.0 Å². The van der Waals surface area contributed by atoms with Crippen molar-refractivity contribution >= 4 is 5.91 Å². The SMILES string of the molecule is COc1ccc(OC)c([C@H](C)NC(=O)CCn2nc(C)cc2C)c1. The molecule has 1 aromatic carbocycles. The van der Waals surface area contributed by atoms with E-state index in [-0.39, 0.29) is 11.9 Å². The highest BCUT2D eigenvalue weighted by molar-refractivity contribution is 5.76. The van der Waals surface area contributed by atoms with Gasteiger partial charge in [0, 0.05) is 24.2 Å². The molecule has 1 heterocycles. The molecule has 0 aliphatic rings. The number of ether oxygens (including phenoxy) is 2. The summed E-state index contributed by atoms with van der Waals surface area (Å²) >= 11 is 0. The van der Waals surface area contributed by atoms with Gasteiger partial charge in [-0.2, -0.15) is 5.10 Å². The van der Waals surface area contributed by atoms with Gasteiger partial charge in [0.25, 0.3) is 0 Å². The number of methoxy groups -OCH3 is 2. The highest BCUT2D eigenvalue weighted by Gasteiger charge is 2.15. The van der Waals surface area contributed by atoms with Crippen molar-refractivity contribution in [1.82, 2.24) is 15.1 Å². The van der Waals surface area contributed by atoms with Gasteiger partial charge in [0.1, 0.15) is 11.5 Å². The van der Waals surface area contributed by atoms with Crippen molar-refractivity contribution < 1.29 is 14.3 Å². The lowest BCUT2D eigenvalue weighted by atomic mass is 10.1. The Bertz CT molecular complexity index is 710. The number of nitrogens with zero attached hydrogens (tertiary/aromatic N) is 2. The summed E-state index contributed by atoms with van der Waals surface area (Å²) in [5, 5.41) is 7.37. The number of benzene rings is 1. The van der Waals surface area contributed by atoms with E-state index in [1.165, 1.54) is 0 Å². The molecule has 0 bridgehead atoms. The Morgan fingerprint density at radius 1 is 1.25 bits per heavy atom. The molecule has 0 fully saturated rings. The zero-order chi connectivity index (χ0) is 17.7. The third-order valence-electron chi connectivity index (χ3n) is 3.93. The number of amides is 1. The minimum absolute atomic E-state index is 0.0278. The van der Waals surface area contributed by atoms with Gasteiger partial charge in [-0.1, -0.05) is 0 Å². The van der Waals surface area contributed by atoms with E-state index in [1.54, 1.807) is 14.2 Å². The van der Waals surface area contributed by atoms with Gasteiger partial charge in [-0.25, -0.2) is 0 Å². The summed E-state index contributed by atoms with van der Waals surface area (Å²) in [6, 6.07) is 7.38. The van der Waals surface area contributed by atoms with E-state index in [9.17, 15) is 4.79 Å². The molecule has 24 heavy (non-hydrogen) atoms. The van der Waals surface area contributed by atoms with Crippen LogP contribution in [0.15, 0.2) is 24.3 Å². The van der Waals surface area contributed by atoms with Gasteiger partial charge in [-0.05, 0) is 45.0 Å². The van der Waals surface area contributed by atoms with Crippen LogP contribution in [0.25, 0.3) is 0 Å². The van der Waals surface area contributed by atoms with E-state index in [4.69, 9.17) is 9.47 Å². The molecule has 1 N–H and O–H groups in total. The molecule has 6 heteroatoms. The lowest BCUT2D eigenvalue weighted by molar-refractivity contribution is -0.122. The first-order valence-electron chi connectivity index (χ1n) is 7.97. The number of hydrogen-bond acceptors (Lipinski definition) is 4. The van der Waals surface area contributed by atoms with Crippen LogP contribution in [-0.4, -0.2) is 29.9 Å². The maximum absolute atomic E-state index is 12.2. The molecular weight excluding hydrogens is 306 g/mol. The zero-order valence-electron chi connectivity index (χ0n) is 14.9. The standard InChI is InChI=1S/C18H25N3O3/c1-12-10-13(2)21(20-12)9-8-18(22)19-14(3)16-11-15(23-4)6-7-17(16)24-5/h6-7,10-11,14H,8-9H2,1-5H3,(H,19,22)/t14-/m0/s1. The molecular formula is C18H25N3O3. The Morgan fingerprint density at radius 2 is 2.00 bits per heavy atom. The van der Waals surface area contributed by atoms with Crippen molar-refractivity contribution in [3.8, 4) is 11.5 Å². The van der Waals surface area contributed by atoms with Crippen molar-refractivity contribution in [2.24, 2.45) is 0 Å². The molecule has 2 rings (SSSR count). The van der Waals surface area contributed by atoms with Gasteiger partial charge in [0.2, 0.25) is 5.91 Å². The summed E-state index contributed by atoms with van der Waals surface area (Å²) in [7, 11) is 3.23. The second kappa shape index (κ2) is 7.86. The first kappa shape index (κ1) is 17.8. The zero-order valence-corrected chi connectivity index (χ0v) is 14.9. The minimum atomic E-state index is -0.178. The molecule has 0 aliphatic heterocycles. The van der Waals surface area contributed by atoms with Crippen LogP contribution in [0.3, 0.4) is 0 Å². The Balaban J connectivity index is 1.99. The van der Waals surface area contributed by atoms with Gasteiger partial charge in [-0.15, -0.1) is 0 Å². The second-order valence-electron chi connectivity index (χ2n) is 5.80. The molecule has 6 nitrogen and oxygen atoms in total. The van der Waals surface area contributed by atoms with Gasteiger partial charge in [-0.3, -0.25) is 9.48 Å².